The minimum absolute atomic E-state index is 1.27. The minimum atomic E-state index is 1.27. The Kier molecular flexibility index (Phi) is 5.08. The van der Waals surface area contributed by atoms with Crippen LogP contribution in [0.25, 0.3) is 97.7 Å². The molecule has 216 valence electrons. The van der Waals surface area contributed by atoms with Crippen molar-refractivity contribution in [2.75, 3.05) is 0 Å². The largest absolute Gasteiger partial charge is 0.0622 e. The highest BCUT2D eigenvalue weighted by Crippen LogP contribution is 2.55. The first-order valence-electron chi connectivity index (χ1n) is 16.4. The van der Waals surface area contributed by atoms with Crippen molar-refractivity contribution in [3.05, 3.63) is 144 Å². The van der Waals surface area contributed by atoms with E-state index < -0.39 is 0 Å². The van der Waals surface area contributed by atoms with Crippen LogP contribution in [-0.4, -0.2) is 0 Å². The highest BCUT2D eigenvalue weighted by Gasteiger charge is 2.26. The van der Waals surface area contributed by atoms with Gasteiger partial charge in [-0.25, -0.2) is 0 Å². The van der Waals surface area contributed by atoms with Crippen molar-refractivity contribution in [1.82, 2.24) is 0 Å². The minimum Gasteiger partial charge on any atom is -0.0622 e. The molecule has 0 unspecified atom stereocenters. The first kappa shape index (κ1) is 25.8. The second-order valence-electron chi connectivity index (χ2n) is 13.4. The van der Waals surface area contributed by atoms with Crippen LogP contribution >= 0.6 is 0 Å². The zero-order chi connectivity index (χ0) is 30.8. The Hall–Kier alpha value is -5.46. The molecule has 0 N–H and O–H groups in total. The van der Waals surface area contributed by atoms with Crippen LogP contribution in [0, 0.1) is 27.7 Å². The maximum Gasteiger partial charge on any atom is -0.000719 e. The van der Waals surface area contributed by atoms with Crippen LogP contribution < -0.4 is 0 Å². The average molecular weight is 585 g/mol. The fourth-order valence-corrected chi connectivity index (χ4v) is 8.78. The van der Waals surface area contributed by atoms with Crippen LogP contribution in [-0.2, 0) is 0 Å². The quantitative estimate of drug-likeness (QED) is 0.177. The van der Waals surface area contributed by atoms with E-state index in [0.717, 1.165) is 0 Å². The molecular formula is C46H32. The molecule has 0 nitrogen and oxygen atoms in total. The molecule has 0 saturated heterocycles. The van der Waals surface area contributed by atoms with Crippen molar-refractivity contribution in [1.29, 1.82) is 0 Å². The van der Waals surface area contributed by atoms with Crippen molar-refractivity contribution in [2.24, 2.45) is 0 Å². The Morgan fingerprint density at radius 3 is 1.41 bits per heavy atom. The topological polar surface area (TPSA) is 0 Å². The highest BCUT2D eigenvalue weighted by molar-refractivity contribution is 6.45. The molecule has 0 heterocycles. The Morgan fingerprint density at radius 1 is 0.261 bits per heavy atom. The SMILES string of the molecule is Cc1cc2c(cc1C)c1cc3c(-c4ccccc4)c4c5ccc(C)c6c(C)ccc(c4c(-c4ccccc4)c3c3cccc2c13)c65. The molecule has 0 aromatic heterocycles. The summed E-state index contributed by atoms with van der Waals surface area (Å²) in [5, 5.41) is 19.0. The summed E-state index contributed by atoms with van der Waals surface area (Å²) in [6, 6.07) is 46.0. The first-order valence-corrected chi connectivity index (χ1v) is 16.4. The number of benzene rings is 8. The summed E-state index contributed by atoms with van der Waals surface area (Å²) in [7, 11) is 0. The maximum absolute atomic E-state index is 2.54. The molecular weight excluding hydrogens is 553 g/mol. The number of hydrogen-bond acceptors (Lipinski definition) is 0. The van der Waals surface area contributed by atoms with Crippen LogP contribution in [0.2, 0.25) is 0 Å². The second kappa shape index (κ2) is 9.05. The summed E-state index contributed by atoms with van der Waals surface area (Å²) in [4.78, 5) is 0. The summed E-state index contributed by atoms with van der Waals surface area (Å²) in [6.07, 6.45) is 0. The van der Waals surface area contributed by atoms with Crippen LogP contribution in [0.15, 0.2) is 121 Å². The number of fused-ring (bicyclic) bond motifs is 8. The maximum atomic E-state index is 2.54. The second-order valence-corrected chi connectivity index (χ2v) is 13.4. The molecule has 0 bridgehead atoms. The van der Waals surface area contributed by atoms with Gasteiger partial charge in [-0.3, -0.25) is 0 Å². The van der Waals surface area contributed by atoms with Gasteiger partial charge in [-0.2, -0.15) is 0 Å². The summed E-state index contributed by atoms with van der Waals surface area (Å²) >= 11 is 0. The summed E-state index contributed by atoms with van der Waals surface area (Å²) < 4.78 is 0. The van der Waals surface area contributed by atoms with Crippen molar-refractivity contribution in [2.45, 2.75) is 27.7 Å². The molecule has 0 atom stereocenters. The van der Waals surface area contributed by atoms with Crippen molar-refractivity contribution >= 4 is 75.4 Å². The third kappa shape index (κ3) is 3.19. The molecule has 0 spiro atoms. The summed E-state index contributed by atoms with van der Waals surface area (Å²) in [5.74, 6) is 0. The van der Waals surface area contributed by atoms with E-state index in [4.69, 9.17) is 0 Å². The van der Waals surface area contributed by atoms with Gasteiger partial charge in [0.25, 0.3) is 0 Å². The van der Waals surface area contributed by atoms with Gasteiger partial charge in [0.15, 0.2) is 0 Å². The Bertz CT molecular complexity index is 2850. The van der Waals surface area contributed by atoms with Crippen LogP contribution in [0.3, 0.4) is 0 Å². The van der Waals surface area contributed by atoms with E-state index in [0.29, 0.717) is 0 Å². The molecule has 0 radical (unpaired) electrons. The van der Waals surface area contributed by atoms with Gasteiger partial charge < -0.3 is 0 Å². The van der Waals surface area contributed by atoms with Crippen LogP contribution in [0.5, 0.6) is 0 Å². The monoisotopic (exact) mass is 584 g/mol. The number of hydrogen-bond donors (Lipinski definition) is 0. The molecule has 0 fully saturated rings. The molecule has 46 heavy (non-hydrogen) atoms. The summed E-state index contributed by atoms with van der Waals surface area (Å²) in [6.45, 7) is 9.01. The Balaban J connectivity index is 1.60. The zero-order valence-electron chi connectivity index (χ0n) is 26.5. The third-order valence-corrected chi connectivity index (χ3v) is 10.9. The van der Waals surface area contributed by atoms with E-state index in [1.165, 1.54) is 120 Å². The Morgan fingerprint density at radius 2 is 0.783 bits per heavy atom. The Labute approximate surface area is 268 Å². The van der Waals surface area contributed by atoms with Gasteiger partial charge in [0.05, 0.1) is 0 Å². The van der Waals surface area contributed by atoms with Gasteiger partial charge in [0.2, 0.25) is 0 Å². The lowest BCUT2D eigenvalue weighted by Crippen LogP contribution is -1.91. The van der Waals surface area contributed by atoms with E-state index in [1.54, 1.807) is 0 Å². The molecule has 0 aliphatic carbocycles. The van der Waals surface area contributed by atoms with Gasteiger partial charge in [0, 0.05) is 0 Å². The standard InChI is InChI=1S/C46H32/c1-25-18-20-33-43-34(21-19-26(2)39(25)43)46-41(30-14-9-6-10-15-30)44-32-17-11-16-31-35-22-27(3)28(4)23-36(35)37(42(31)32)24-38(44)40(45(33)46)29-12-7-5-8-13-29/h5-24H,1-4H3. The average Bonchev–Trinajstić information content (AvgIpc) is 3.56. The van der Waals surface area contributed by atoms with E-state index in [-0.39, 0.29) is 0 Å². The molecule has 0 aliphatic heterocycles. The van der Waals surface area contributed by atoms with Gasteiger partial charge in [-0.1, -0.05) is 115 Å². The molecule has 10 aromatic carbocycles. The van der Waals surface area contributed by atoms with Gasteiger partial charge >= 0.3 is 0 Å². The van der Waals surface area contributed by atoms with Crippen molar-refractivity contribution in [3.8, 4) is 22.3 Å². The number of rotatable bonds is 2. The summed E-state index contributed by atoms with van der Waals surface area (Å²) in [5.41, 5.74) is 10.6. The fourth-order valence-electron chi connectivity index (χ4n) is 8.78. The molecule has 10 rings (SSSR count). The van der Waals surface area contributed by atoms with Crippen LogP contribution in [0.4, 0.5) is 0 Å². The molecule has 0 amide bonds. The lowest BCUT2D eigenvalue weighted by atomic mass is 9.84. The normalized spacial score (nSPS) is 12.3. The van der Waals surface area contributed by atoms with E-state index in [9.17, 15) is 0 Å². The smallest absolute Gasteiger partial charge is 0.000719 e. The predicted molar refractivity (Wildman–Crippen MR) is 201 cm³/mol. The molecule has 0 aliphatic rings. The lowest BCUT2D eigenvalue weighted by Gasteiger charge is -2.19. The molecule has 0 saturated carbocycles. The molecule has 0 heteroatoms. The first-order chi connectivity index (χ1) is 22.5. The van der Waals surface area contributed by atoms with Crippen molar-refractivity contribution < 1.29 is 0 Å². The lowest BCUT2D eigenvalue weighted by molar-refractivity contribution is 1.37. The zero-order valence-corrected chi connectivity index (χ0v) is 26.5. The van der Waals surface area contributed by atoms with Crippen LogP contribution in [0.1, 0.15) is 22.3 Å². The third-order valence-electron chi connectivity index (χ3n) is 10.9. The molecule has 10 aromatic rings. The number of aryl methyl sites for hydroxylation is 4. The van der Waals surface area contributed by atoms with Gasteiger partial charge in [-0.15, -0.1) is 0 Å². The van der Waals surface area contributed by atoms with Crippen molar-refractivity contribution in [3.63, 3.8) is 0 Å². The van der Waals surface area contributed by atoms with Gasteiger partial charge in [0.1, 0.15) is 0 Å². The highest BCUT2D eigenvalue weighted by atomic mass is 14.3. The van der Waals surface area contributed by atoms with Gasteiger partial charge in [-0.05, 0) is 154 Å². The van der Waals surface area contributed by atoms with E-state index >= 15 is 0 Å². The fraction of sp³-hybridized carbons (Fsp3) is 0.0870. The van der Waals surface area contributed by atoms with E-state index in [2.05, 4.69) is 149 Å². The van der Waals surface area contributed by atoms with E-state index in [1.807, 2.05) is 0 Å². The predicted octanol–water partition coefficient (Wildman–Crippen LogP) is 13.2.